The SMILES string of the molecule is Cc1ccccc1OCCCN(C)C(=O)CNCC1CC1. The first-order chi connectivity index (χ1) is 10.2. The Kier molecular flexibility index (Phi) is 6.05. The van der Waals surface area contributed by atoms with Gasteiger partial charge in [-0.1, -0.05) is 18.2 Å². The summed E-state index contributed by atoms with van der Waals surface area (Å²) < 4.78 is 5.73. The Morgan fingerprint density at radius 2 is 2.14 bits per heavy atom. The lowest BCUT2D eigenvalue weighted by atomic mass is 10.2. The Labute approximate surface area is 127 Å². The standard InChI is InChI=1S/C17H26N2O2/c1-14-6-3-4-7-16(14)21-11-5-10-19(2)17(20)13-18-12-15-8-9-15/h3-4,6-7,15,18H,5,8-13H2,1-2H3. The molecule has 4 nitrogen and oxygen atoms in total. The van der Waals surface area contributed by atoms with E-state index in [1.54, 1.807) is 4.90 Å². The maximum atomic E-state index is 11.9. The predicted molar refractivity (Wildman–Crippen MR) is 84.5 cm³/mol. The van der Waals surface area contributed by atoms with Gasteiger partial charge in [-0.15, -0.1) is 0 Å². The molecule has 4 heteroatoms. The van der Waals surface area contributed by atoms with Crippen LogP contribution in [0.3, 0.4) is 0 Å². The molecule has 2 rings (SSSR count). The van der Waals surface area contributed by atoms with E-state index in [0.717, 1.165) is 36.7 Å². The Hall–Kier alpha value is -1.55. The first-order valence-electron chi connectivity index (χ1n) is 7.80. The number of aryl methyl sites for hydroxylation is 1. The van der Waals surface area contributed by atoms with Crippen LogP contribution in [-0.4, -0.2) is 44.1 Å². The fraction of sp³-hybridized carbons (Fsp3) is 0.588. The van der Waals surface area contributed by atoms with Crippen LogP contribution in [0.25, 0.3) is 0 Å². The maximum Gasteiger partial charge on any atom is 0.236 e. The third kappa shape index (κ3) is 5.76. The Morgan fingerprint density at radius 1 is 1.38 bits per heavy atom. The zero-order valence-corrected chi connectivity index (χ0v) is 13.1. The number of carbonyl (C=O) groups excluding carboxylic acids is 1. The topological polar surface area (TPSA) is 41.6 Å². The van der Waals surface area contributed by atoms with Crippen LogP contribution in [0, 0.1) is 12.8 Å². The van der Waals surface area contributed by atoms with Crippen LogP contribution in [0.15, 0.2) is 24.3 Å². The summed E-state index contributed by atoms with van der Waals surface area (Å²) in [5.74, 6) is 1.90. The van der Waals surface area contributed by atoms with Crippen molar-refractivity contribution in [2.45, 2.75) is 26.2 Å². The second-order valence-corrected chi connectivity index (χ2v) is 5.86. The van der Waals surface area contributed by atoms with E-state index in [4.69, 9.17) is 4.74 Å². The minimum atomic E-state index is 0.159. The molecule has 1 amide bonds. The average molecular weight is 290 g/mol. The summed E-state index contributed by atoms with van der Waals surface area (Å²) >= 11 is 0. The quantitative estimate of drug-likeness (QED) is 0.709. The van der Waals surface area contributed by atoms with Crippen LogP contribution < -0.4 is 10.1 Å². The summed E-state index contributed by atoms with van der Waals surface area (Å²) in [5, 5.41) is 3.23. The van der Waals surface area contributed by atoms with Crippen molar-refractivity contribution in [1.29, 1.82) is 0 Å². The van der Waals surface area contributed by atoms with Gasteiger partial charge in [0.05, 0.1) is 13.2 Å². The minimum Gasteiger partial charge on any atom is -0.493 e. The second kappa shape index (κ2) is 8.03. The highest BCUT2D eigenvalue weighted by molar-refractivity contribution is 5.77. The molecule has 0 atom stereocenters. The van der Waals surface area contributed by atoms with Crippen LogP contribution >= 0.6 is 0 Å². The molecule has 0 heterocycles. The second-order valence-electron chi connectivity index (χ2n) is 5.86. The van der Waals surface area contributed by atoms with Crippen molar-refractivity contribution in [1.82, 2.24) is 10.2 Å². The monoisotopic (exact) mass is 290 g/mol. The van der Waals surface area contributed by atoms with Crippen molar-refractivity contribution in [3.05, 3.63) is 29.8 Å². The van der Waals surface area contributed by atoms with Gasteiger partial charge in [-0.3, -0.25) is 4.79 Å². The molecule has 116 valence electrons. The van der Waals surface area contributed by atoms with Crippen LogP contribution in [-0.2, 0) is 4.79 Å². The van der Waals surface area contributed by atoms with Crippen LogP contribution in [0.4, 0.5) is 0 Å². The van der Waals surface area contributed by atoms with Gasteiger partial charge in [0.25, 0.3) is 0 Å². The number of hydrogen-bond donors (Lipinski definition) is 1. The van der Waals surface area contributed by atoms with Crippen molar-refractivity contribution < 1.29 is 9.53 Å². The summed E-state index contributed by atoms with van der Waals surface area (Å²) in [6.45, 7) is 4.84. The Balaban J connectivity index is 1.56. The number of ether oxygens (including phenoxy) is 1. The predicted octanol–water partition coefficient (Wildman–Crippen LogP) is 2.22. The van der Waals surface area contributed by atoms with E-state index in [9.17, 15) is 4.79 Å². The molecule has 1 fully saturated rings. The zero-order chi connectivity index (χ0) is 15.1. The van der Waals surface area contributed by atoms with Crippen LogP contribution in [0.5, 0.6) is 5.75 Å². The summed E-state index contributed by atoms with van der Waals surface area (Å²) in [6, 6.07) is 8.00. The number of nitrogens with zero attached hydrogens (tertiary/aromatic N) is 1. The minimum absolute atomic E-state index is 0.159. The average Bonchev–Trinajstić information content (AvgIpc) is 3.29. The third-order valence-corrected chi connectivity index (χ3v) is 3.82. The van der Waals surface area contributed by atoms with Gasteiger partial charge in [0.15, 0.2) is 0 Å². The number of amides is 1. The fourth-order valence-electron chi connectivity index (χ4n) is 2.17. The van der Waals surface area contributed by atoms with E-state index in [-0.39, 0.29) is 5.91 Å². The lowest BCUT2D eigenvalue weighted by molar-refractivity contribution is -0.129. The van der Waals surface area contributed by atoms with Crippen molar-refractivity contribution in [3.8, 4) is 5.75 Å². The molecule has 0 bridgehead atoms. The number of likely N-dealkylation sites (N-methyl/N-ethyl adjacent to an activating group) is 1. The molecule has 1 aliphatic rings. The molecule has 1 N–H and O–H groups in total. The summed E-state index contributed by atoms with van der Waals surface area (Å²) in [5.41, 5.74) is 1.14. The summed E-state index contributed by atoms with van der Waals surface area (Å²) in [6.07, 6.45) is 3.47. The van der Waals surface area contributed by atoms with Crippen molar-refractivity contribution >= 4 is 5.91 Å². The first kappa shape index (κ1) is 15.8. The normalized spacial score (nSPS) is 14.0. The molecule has 0 radical (unpaired) electrons. The van der Waals surface area contributed by atoms with E-state index in [1.807, 2.05) is 38.2 Å². The highest BCUT2D eigenvalue weighted by Crippen LogP contribution is 2.27. The molecule has 0 spiro atoms. The highest BCUT2D eigenvalue weighted by atomic mass is 16.5. The van der Waals surface area contributed by atoms with Crippen molar-refractivity contribution in [2.24, 2.45) is 5.92 Å². The molecule has 1 aromatic rings. The molecule has 0 saturated heterocycles. The molecule has 0 aromatic heterocycles. The largest absolute Gasteiger partial charge is 0.493 e. The molecule has 1 aromatic carbocycles. The molecular weight excluding hydrogens is 264 g/mol. The van der Waals surface area contributed by atoms with Crippen molar-refractivity contribution in [2.75, 3.05) is 33.3 Å². The van der Waals surface area contributed by atoms with E-state index >= 15 is 0 Å². The molecule has 0 unspecified atom stereocenters. The third-order valence-electron chi connectivity index (χ3n) is 3.82. The number of nitrogens with one attached hydrogen (secondary N) is 1. The van der Waals surface area contributed by atoms with E-state index in [2.05, 4.69) is 5.32 Å². The molecular formula is C17H26N2O2. The van der Waals surface area contributed by atoms with Gasteiger partial charge in [0, 0.05) is 13.6 Å². The summed E-state index contributed by atoms with van der Waals surface area (Å²) in [7, 11) is 1.86. The van der Waals surface area contributed by atoms with Gasteiger partial charge in [0.1, 0.15) is 5.75 Å². The first-order valence-corrected chi connectivity index (χ1v) is 7.80. The van der Waals surface area contributed by atoms with Gasteiger partial charge < -0.3 is 15.0 Å². The van der Waals surface area contributed by atoms with Crippen LogP contribution in [0.2, 0.25) is 0 Å². The maximum absolute atomic E-state index is 11.9. The van der Waals surface area contributed by atoms with E-state index in [1.165, 1.54) is 12.8 Å². The molecule has 1 saturated carbocycles. The number of para-hydroxylation sites is 1. The van der Waals surface area contributed by atoms with Gasteiger partial charge in [0.2, 0.25) is 5.91 Å². The zero-order valence-electron chi connectivity index (χ0n) is 13.1. The van der Waals surface area contributed by atoms with Gasteiger partial charge in [-0.25, -0.2) is 0 Å². The number of rotatable bonds is 9. The number of hydrogen-bond acceptors (Lipinski definition) is 3. The fourth-order valence-corrected chi connectivity index (χ4v) is 2.17. The number of carbonyl (C=O) groups is 1. The van der Waals surface area contributed by atoms with Gasteiger partial charge in [-0.2, -0.15) is 0 Å². The van der Waals surface area contributed by atoms with Gasteiger partial charge in [-0.05, 0) is 50.3 Å². The van der Waals surface area contributed by atoms with Crippen LogP contribution in [0.1, 0.15) is 24.8 Å². The van der Waals surface area contributed by atoms with E-state index in [0.29, 0.717) is 13.2 Å². The molecule has 21 heavy (non-hydrogen) atoms. The Morgan fingerprint density at radius 3 is 2.86 bits per heavy atom. The molecule has 1 aliphatic carbocycles. The smallest absolute Gasteiger partial charge is 0.236 e. The van der Waals surface area contributed by atoms with E-state index < -0.39 is 0 Å². The lowest BCUT2D eigenvalue weighted by Crippen LogP contribution is -2.37. The highest BCUT2D eigenvalue weighted by Gasteiger charge is 2.20. The van der Waals surface area contributed by atoms with Crippen molar-refractivity contribution in [3.63, 3.8) is 0 Å². The lowest BCUT2D eigenvalue weighted by Gasteiger charge is -2.18. The summed E-state index contributed by atoms with van der Waals surface area (Å²) in [4.78, 5) is 13.7. The van der Waals surface area contributed by atoms with Gasteiger partial charge >= 0.3 is 0 Å². The Bertz CT molecular complexity index is 458. The number of benzene rings is 1. The molecule has 0 aliphatic heterocycles.